The standard InChI is InChI=1S/C27H31NO5/c1-16-10-12-19(13-11-16)26-28-23(18(3)33-26)15-32-21-8-5-7-20(14-21)25(29)22-9-4-6-17(2)24(22)27(30)31/h4,6,9-13,20-21,25,29H,5,7-8,14-15H2,1-3H3,(H,30,31)/t20-,21+,25?/m1/s1. The summed E-state index contributed by atoms with van der Waals surface area (Å²) >= 11 is 0. The zero-order valence-electron chi connectivity index (χ0n) is 19.4. The number of ether oxygens (including phenoxy) is 1. The average molecular weight is 450 g/mol. The normalized spacial score (nSPS) is 19.4. The number of carboxylic acids is 1. The summed E-state index contributed by atoms with van der Waals surface area (Å²) in [6.07, 6.45) is 2.50. The minimum atomic E-state index is -1.00. The molecule has 3 aromatic rings. The number of hydrogen-bond acceptors (Lipinski definition) is 5. The molecular weight excluding hydrogens is 418 g/mol. The molecule has 1 aliphatic rings. The molecular formula is C27H31NO5. The van der Waals surface area contributed by atoms with Crippen LogP contribution in [0.1, 0.15) is 70.3 Å². The van der Waals surface area contributed by atoms with E-state index in [1.807, 2.05) is 38.1 Å². The SMILES string of the molecule is Cc1ccc(-c2nc(CO[C@H]3CCC[C@@H](C(O)c4cccc(C)c4C(=O)O)C3)c(C)o2)cc1. The molecule has 6 heteroatoms. The van der Waals surface area contributed by atoms with Crippen LogP contribution in [0.5, 0.6) is 0 Å². The second kappa shape index (κ2) is 9.89. The number of benzene rings is 2. The number of carbonyl (C=O) groups is 1. The first kappa shape index (κ1) is 23.2. The molecule has 0 radical (unpaired) electrons. The third-order valence-corrected chi connectivity index (χ3v) is 6.60. The number of aromatic nitrogens is 1. The number of aliphatic hydroxyl groups excluding tert-OH is 1. The number of aryl methyl sites for hydroxylation is 3. The highest BCUT2D eigenvalue weighted by Crippen LogP contribution is 2.37. The van der Waals surface area contributed by atoms with Crippen molar-refractivity contribution in [3.8, 4) is 11.5 Å². The number of aromatic carboxylic acids is 1. The van der Waals surface area contributed by atoms with Gasteiger partial charge in [-0.25, -0.2) is 9.78 Å². The summed E-state index contributed by atoms with van der Waals surface area (Å²) < 4.78 is 12.0. The molecule has 1 saturated carbocycles. The quantitative estimate of drug-likeness (QED) is 0.475. The molecule has 0 aliphatic heterocycles. The summed E-state index contributed by atoms with van der Waals surface area (Å²) in [5.74, 6) is 0.273. The van der Waals surface area contributed by atoms with Crippen LogP contribution in [0.4, 0.5) is 0 Å². The van der Waals surface area contributed by atoms with Crippen LogP contribution in [0.25, 0.3) is 11.5 Å². The van der Waals surface area contributed by atoms with Gasteiger partial charge in [-0.2, -0.15) is 0 Å². The number of nitrogens with zero attached hydrogens (tertiary/aromatic N) is 1. The Bertz CT molecular complexity index is 1120. The number of aliphatic hydroxyl groups is 1. The molecule has 1 fully saturated rings. The van der Waals surface area contributed by atoms with Crippen LogP contribution in [-0.4, -0.2) is 27.3 Å². The molecule has 1 aromatic heterocycles. The van der Waals surface area contributed by atoms with Gasteiger partial charge >= 0.3 is 5.97 Å². The summed E-state index contributed by atoms with van der Waals surface area (Å²) in [5.41, 5.74) is 4.25. The Balaban J connectivity index is 1.42. The summed E-state index contributed by atoms with van der Waals surface area (Å²) in [6, 6.07) is 13.3. The molecule has 2 aromatic carbocycles. The Labute approximate surface area is 194 Å². The van der Waals surface area contributed by atoms with Gasteiger partial charge in [0.05, 0.1) is 24.4 Å². The summed E-state index contributed by atoms with van der Waals surface area (Å²) in [7, 11) is 0. The fraction of sp³-hybridized carbons (Fsp3) is 0.407. The zero-order valence-corrected chi connectivity index (χ0v) is 19.4. The third kappa shape index (κ3) is 5.18. The van der Waals surface area contributed by atoms with Crippen molar-refractivity contribution < 1.29 is 24.2 Å². The van der Waals surface area contributed by atoms with Gasteiger partial charge in [0.25, 0.3) is 0 Å². The molecule has 0 spiro atoms. The van der Waals surface area contributed by atoms with E-state index in [0.29, 0.717) is 30.0 Å². The molecule has 0 amide bonds. The van der Waals surface area contributed by atoms with Crippen molar-refractivity contribution in [2.45, 2.75) is 65.3 Å². The van der Waals surface area contributed by atoms with Crippen molar-refractivity contribution in [1.29, 1.82) is 0 Å². The number of carboxylic acid groups (broad SMARTS) is 1. The van der Waals surface area contributed by atoms with Crippen LogP contribution >= 0.6 is 0 Å². The summed E-state index contributed by atoms with van der Waals surface area (Å²) in [6.45, 7) is 6.04. The minimum absolute atomic E-state index is 0.0181. The molecule has 3 atom stereocenters. The van der Waals surface area contributed by atoms with Gasteiger partial charge in [-0.3, -0.25) is 0 Å². The van der Waals surface area contributed by atoms with Crippen LogP contribution in [-0.2, 0) is 11.3 Å². The van der Waals surface area contributed by atoms with Gasteiger partial charge in [0.2, 0.25) is 5.89 Å². The number of rotatable bonds is 7. The lowest BCUT2D eigenvalue weighted by molar-refractivity contribution is -0.0262. The molecule has 4 rings (SSSR count). The predicted molar refractivity (Wildman–Crippen MR) is 125 cm³/mol. The maximum absolute atomic E-state index is 11.8. The lowest BCUT2D eigenvalue weighted by atomic mass is 9.80. The van der Waals surface area contributed by atoms with Crippen LogP contribution in [0.3, 0.4) is 0 Å². The molecule has 2 N–H and O–H groups in total. The number of oxazole rings is 1. The predicted octanol–water partition coefficient (Wildman–Crippen LogP) is 5.77. The molecule has 0 bridgehead atoms. The molecule has 1 heterocycles. The maximum Gasteiger partial charge on any atom is 0.336 e. The van der Waals surface area contributed by atoms with E-state index in [-0.39, 0.29) is 17.6 Å². The van der Waals surface area contributed by atoms with E-state index >= 15 is 0 Å². The smallest absolute Gasteiger partial charge is 0.336 e. The highest BCUT2D eigenvalue weighted by molar-refractivity contribution is 5.91. The van der Waals surface area contributed by atoms with Gasteiger partial charge < -0.3 is 19.4 Å². The number of hydrogen-bond donors (Lipinski definition) is 2. The third-order valence-electron chi connectivity index (χ3n) is 6.60. The second-order valence-electron chi connectivity index (χ2n) is 9.04. The van der Waals surface area contributed by atoms with Crippen LogP contribution in [0.2, 0.25) is 0 Å². The van der Waals surface area contributed by atoms with Crippen LogP contribution < -0.4 is 0 Å². The lowest BCUT2D eigenvalue weighted by Gasteiger charge is -2.32. The van der Waals surface area contributed by atoms with Gasteiger partial charge in [0.1, 0.15) is 11.5 Å². The monoisotopic (exact) mass is 449 g/mol. The van der Waals surface area contributed by atoms with Crippen molar-refractivity contribution >= 4 is 5.97 Å². The Hall–Kier alpha value is -2.96. The van der Waals surface area contributed by atoms with Gasteiger partial charge in [-0.05, 0) is 69.2 Å². The van der Waals surface area contributed by atoms with Crippen LogP contribution in [0.15, 0.2) is 46.9 Å². The van der Waals surface area contributed by atoms with Gasteiger partial charge in [-0.1, -0.05) is 42.3 Å². The van der Waals surface area contributed by atoms with Gasteiger partial charge in [0, 0.05) is 5.56 Å². The highest BCUT2D eigenvalue weighted by atomic mass is 16.5. The van der Waals surface area contributed by atoms with Crippen molar-refractivity contribution in [3.05, 3.63) is 76.2 Å². The zero-order chi connectivity index (χ0) is 23.5. The first-order chi connectivity index (χ1) is 15.8. The molecule has 1 aliphatic carbocycles. The van der Waals surface area contributed by atoms with E-state index in [2.05, 4.69) is 4.98 Å². The minimum Gasteiger partial charge on any atom is -0.478 e. The second-order valence-corrected chi connectivity index (χ2v) is 9.04. The fourth-order valence-corrected chi connectivity index (χ4v) is 4.68. The maximum atomic E-state index is 11.8. The molecule has 174 valence electrons. The van der Waals surface area contributed by atoms with E-state index in [1.165, 1.54) is 5.56 Å². The molecule has 33 heavy (non-hydrogen) atoms. The van der Waals surface area contributed by atoms with Crippen molar-refractivity contribution in [1.82, 2.24) is 4.98 Å². The van der Waals surface area contributed by atoms with Crippen molar-refractivity contribution in [3.63, 3.8) is 0 Å². The Morgan fingerprint density at radius 3 is 2.64 bits per heavy atom. The average Bonchev–Trinajstić information content (AvgIpc) is 3.17. The van der Waals surface area contributed by atoms with E-state index in [0.717, 1.165) is 36.3 Å². The van der Waals surface area contributed by atoms with E-state index in [1.54, 1.807) is 25.1 Å². The molecule has 1 unspecified atom stereocenters. The topological polar surface area (TPSA) is 92.8 Å². The Kier molecular flexibility index (Phi) is 6.96. The highest BCUT2D eigenvalue weighted by Gasteiger charge is 2.31. The first-order valence-electron chi connectivity index (χ1n) is 11.5. The van der Waals surface area contributed by atoms with E-state index in [4.69, 9.17) is 9.15 Å². The van der Waals surface area contributed by atoms with Gasteiger partial charge in [0.15, 0.2) is 0 Å². The van der Waals surface area contributed by atoms with E-state index in [9.17, 15) is 15.0 Å². The van der Waals surface area contributed by atoms with Crippen LogP contribution in [0, 0.1) is 26.7 Å². The summed E-state index contributed by atoms with van der Waals surface area (Å²) in [5, 5.41) is 20.7. The fourth-order valence-electron chi connectivity index (χ4n) is 4.68. The van der Waals surface area contributed by atoms with Crippen molar-refractivity contribution in [2.75, 3.05) is 0 Å². The van der Waals surface area contributed by atoms with E-state index < -0.39 is 12.1 Å². The Morgan fingerprint density at radius 1 is 1.15 bits per heavy atom. The van der Waals surface area contributed by atoms with Crippen molar-refractivity contribution in [2.24, 2.45) is 5.92 Å². The first-order valence-corrected chi connectivity index (χ1v) is 11.5. The molecule has 0 saturated heterocycles. The largest absolute Gasteiger partial charge is 0.478 e. The lowest BCUT2D eigenvalue weighted by Crippen LogP contribution is -2.27. The molecule has 6 nitrogen and oxygen atoms in total. The Morgan fingerprint density at radius 2 is 1.91 bits per heavy atom. The summed E-state index contributed by atoms with van der Waals surface area (Å²) in [4.78, 5) is 16.4. The van der Waals surface area contributed by atoms with Gasteiger partial charge in [-0.15, -0.1) is 0 Å².